The molecule has 0 radical (unpaired) electrons. The highest BCUT2D eigenvalue weighted by atomic mass is 16.6. The number of hydrogen-bond donors (Lipinski definition) is 0. The molecule has 32 heavy (non-hydrogen) atoms. The van der Waals surface area contributed by atoms with E-state index < -0.39 is 22.7 Å². The summed E-state index contributed by atoms with van der Waals surface area (Å²) in [6.45, 7) is 7.46. The highest BCUT2D eigenvalue weighted by Crippen LogP contribution is 2.51. The Morgan fingerprint density at radius 3 is 2.41 bits per heavy atom. The summed E-state index contributed by atoms with van der Waals surface area (Å²) in [5.41, 5.74) is 0.995. The number of ether oxygens (including phenoxy) is 3. The minimum absolute atomic E-state index is 0.135. The van der Waals surface area contributed by atoms with Crippen molar-refractivity contribution in [1.82, 2.24) is 0 Å². The number of carbonyl (C=O) groups excluding carboxylic acids is 2. The van der Waals surface area contributed by atoms with Crippen LogP contribution in [0.25, 0.3) is 0 Å². The zero-order valence-electron chi connectivity index (χ0n) is 19.2. The summed E-state index contributed by atoms with van der Waals surface area (Å²) in [5.74, 6) is -2.17. The van der Waals surface area contributed by atoms with Crippen LogP contribution in [0.5, 0.6) is 11.5 Å². The van der Waals surface area contributed by atoms with E-state index >= 15 is 0 Å². The number of rotatable bonds is 6. The van der Waals surface area contributed by atoms with Crippen molar-refractivity contribution in [3.63, 3.8) is 0 Å². The fourth-order valence-electron chi connectivity index (χ4n) is 4.61. The van der Waals surface area contributed by atoms with Crippen molar-refractivity contribution in [2.45, 2.75) is 46.5 Å². The second-order valence-electron chi connectivity index (χ2n) is 8.79. The number of hydrogen-bond acceptors (Lipinski definition) is 8. The molecule has 1 aliphatic carbocycles. The number of nitro groups is 1. The number of methoxy groups -OCH3 is 2. The van der Waals surface area contributed by atoms with Crippen molar-refractivity contribution in [2.75, 3.05) is 20.8 Å². The maximum atomic E-state index is 13.3. The van der Waals surface area contributed by atoms with Gasteiger partial charge in [-0.3, -0.25) is 24.7 Å². The summed E-state index contributed by atoms with van der Waals surface area (Å²) >= 11 is 0. The lowest BCUT2D eigenvalue weighted by Crippen LogP contribution is -2.39. The molecule has 2 atom stereocenters. The van der Waals surface area contributed by atoms with E-state index in [1.165, 1.54) is 26.4 Å². The molecule has 0 aromatic heterocycles. The van der Waals surface area contributed by atoms with Gasteiger partial charge in [0.25, 0.3) is 5.69 Å². The molecule has 2 aliphatic rings. The van der Waals surface area contributed by atoms with E-state index in [0.29, 0.717) is 23.4 Å². The molecular formula is C23H28N2O7. The average Bonchev–Trinajstić information content (AvgIpc) is 2.70. The first-order chi connectivity index (χ1) is 15.0. The second-order valence-corrected chi connectivity index (χ2v) is 8.79. The molecule has 0 saturated heterocycles. The van der Waals surface area contributed by atoms with E-state index in [2.05, 4.69) is 4.99 Å². The van der Waals surface area contributed by atoms with Gasteiger partial charge in [-0.05, 0) is 31.7 Å². The van der Waals surface area contributed by atoms with Crippen molar-refractivity contribution in [1.29, 1.82) is 0 Å². The third kappa shape index (κ3) is 4.11. The van der Waals surface area contributed by atoms with Crippen LogP contribution in [0.3, 0.4) is 0 Å². The Morgan fingerprint density at radius 1 is 1.22 bits per heavy atom. The first-order valence-electron chi connectivity index (χ1n) is 10.4. The molecule has 1 aromatic rings. The van der Waals surface area contributed by atoms with Gasteiger partial charge in [-0.25, -0.2) is 0 Å². The highest BCUT2D eigenvalue weighted by Gasteiger charge is 2.48. The van der Waals surface area contributed by atoms with Crippen LogP contribution in [-0.4, -0.2) is 43.2 Å². The standard InChI is InChI=1S/C23H28N2O7/c1-7-32-22(27)19-12(2)24-14-10-23(3,4)11-16(26)21(14)20(19)13-8-17(30-5)18(31-6)9-15(13)25(28)29/h8-9,19-20H,7,10-11H2,1-6H3/t19?,20-/m1/s1. The van der Waals surface area contributed by atoms with Crippen LogP contribution in [0, 0.1) is 21.4 Å². The Morgan fingerprint density at radius 2 is 1.84 bits per heavy atom. The van der Waals surface area contributed by atoms with Gasteiger partial charge in [0.15, 0.2) is 17.3 Å². The molecular weight excluding hydrogens is 416 g/mol. The van der Waals surface area contributed by atoms with Crippen LogP contribution in [0.15, 0.2) is 28.4 Å². The number of ketones is 1. The minimum atomic E-state index is -0.962. The van der Waals surface area contributed by atoms with Crippen molar-refractivity contribution < 1.29 is 28.7 Å². The molecule has 0 N–H and O–H groups in total. The highest BCUT2D eigenvalue weighted by molar-refractivity contribution is 6.09. The third-order valence-electron chi connectivity index (χ3n) is 5.91. The predicted octanol–water partition coefficient (Wildman–Crippen LogP) is 3.99. The van der Waals surface area contributed by atoms with Crippen LogP contribution >= 0.6 is 0 Å². The number of nitro benzene ring substituents is 1. The minimum Gasteiger partial charge on any atom is -0.493 e. The van der Waals surface area contributed by atoms with Gasteiger partial charge in [-0.1, -0.05) is 13.8 Å². The zero-order valence-corrected chi connectivity index (χ0v) is 19.2. The largest absolute Gasteiger partial charge is 0.493 e. The van der Waals surface area contributed by atoms with Gasteiger partial charge in [0.1, 0.15) is 5.92 Å². The second kappa shape index (κ2) is 8.72. The number of allylic oxidation sites excluding steroid dienone is 2. The number of Topliss-reactive ketones (excluding diaryl/α,β-unsaturated/α-hetero) is 1. The lowest BCUT2D eigenvalue weighted by molar-refractivity contribution is -0.385. The Labute approximate surface area is 186 Å². The molecule has 3 rings (SSSR count). The summed E-state index contributed by atoms with van der Waals surface area (Å²) in [7, 11) is 2.80. The molecule has 0 fully saturated rings. The van der Waals surface area contributed by atoms with E-state index in [1.54, 1.807) is 13.8 Å². The molecule has 172 valence electrons. The van der Waals surface area contributed by atoms with Crippen LogP contribution in [0.1, 0.15) is 52.0 Å². The molecule has 1 unspecified atom stereocenters. The summed E-state index contributed by atoms with van der Waals surface area (Å²) in [5, 5.41) is 12.0. The Balaban J connectivity index is 2.34. The Hall–Kier alpha value is -3.23. The summed E-state index contributed by atoms with van der Waals surface area (Å²) in [4.78, 5) is 42.4. The van der Waals surface area contributed by atoms with Gasteiger partial charge in [-0.2, -0.15) is 0 Å². The molecule has 1 aromatic carbocycles. The number of esters is 1. The molecule has 0 amide bonds. The van der Waals surface area contributed by atoms with Gasteiger partial charge in [0.2, 0.25) is 0 Å². The molecule has 0 bridgehead atoms. The van der Waals surface area contributed by atoms with Gasteiger partial charge < -0.3 is 14.2 Å². The van der Waals surface area contributed by atoms with Crippen molar-refractivity contribution in [2.24, 2.45) is 16.3 Å². The lowest BCUT2D eigenvalue weighted by atomic mass is 9.66. The quantitative estimate of drug-likeness (QED) is 0.370. The van der Waals surface area contributed by atoms with Crippen LogP contribution in [0.2, 0.25) is 0 Å². The zero-order chi connectivity index (χ0) is 23.8. The van der Waals surface area contributed by atoms with Gasteiger partial charge in [0.05, 0.1) is 31.8 Å². The van der Waals surface area contributed by atoms with E-state index in [0.717, 1.165) is 0 Å². The lowest BCUT2D eigenvalue weighted by Gasteiger charge is -2.38. The van der Waals surface area contributed by atoms with Crippen LogP contribution in [-0.2, 0) is 14.3 Å². The van der Waals surface area contributed by atoms with Gasteiger partial charge in [-0.15, -0.1) is 0 Å². The van der Waals surface area contributed by atoms with E-state index in [9.17, 15) is 19.7 Å². The number of nitrogens with zero attached hydrogens (tertiary/aromatic N) is 2. The topological polar surface area (TPSA) is 117 Å². The van der Waals surface area contributed by atoms with Crippen LogP contribution < -0.4 is 9.47 Å². The fraction of sp³-hybridized carbons (Fsp3) is 0.522. The third-order valence-corrected chi connectivity index (χ3v) is 5.91. The maximum Gasteiger partial charge on any atom is 0.315 e. The van der Waals surface area contributed by atoms with Gasteiger partial charge >= 0.3 is 5.97 Å². The molecule has 9 nitrogen and oxygen atoms in total. The number of aliphatic imine (C=N–C) groups is 1. The number of carbonyl (C=O) groups is 2. The normalized spacial score (nSPS) is 22.1. The average molecular weight is 444 g/mol. The maximum absolute atomic E-state index is 13.3. The smallest absolute Gasteiger partial charge is 0.315 e. The molecule has 9 heteroatoms. The first-order valence-corrected chi connectivity index (χ1v) is 10.4. The summed E-state index contributed by atoms with van der Waals surface area (Å²) in [6.07, 6.45) is 0.784. The monoisotopic (exact) mass is 444 g/mol. The SMILES string of the molecule is CCOC(=O)C1C(C)=NC2=C(C(=O)CC(C)(C)C2)[C@@H]1c1cc(OC)c(OC)cc1[N+](=O)[O-]. The number of benzene rings is 1. The Bertz CT molecular complexity index is 1040. The van der Waals surface area contributed by atoms with Crippen LogP contribution in [0.4, 0.5) is 5.69 Å². The summed E-state index contributed by atoms with van der Waals surface area (Å²) < 4.78 is 15.9. The summed E-state index contributed by atoms with van der Waals surface area (Å²) in [6, 6.07) is 2.74. The van der Waals surface area contributed by atoms with Crippen molar-refractivity contribution in [3.8, 4) is 11.5 Å². The molecule has 1 heterocycles. The fourth-order valence-corrected chi connectivity index (χ4v) is 4.61. The molecule has 0 spiro atoms. The van der Waals surface area contributed by atoms with Gasteiger partial charge in [0, 0.05) is 34.9 Å². The van der Waals surface area contributed by atoms with E-state index in [1.807, 2.05) is 13.8 Å². The Kier molecular flexibility index (Phi) is 6.39. The molecule has 0 saturated carbocycles. The predicted molar refractivity (Wildman–Crippen MR) is 117 cm³/mol. The van der Waals surface area contributed by atoms with E-state index in [-0.39, 0.29) is 47.0 Å². The van der Waals surface area contributed by atoms with Crippen molar-refractivity contribution in [3.05, 3.63) is 39.1 Å². The van der Waals surface area contributed by atoms with Crippen molar-refractivity contribution >= 4 is 23.2 Å². The first kappa shape index (κ1) is 23.4. The molecule has 1 aliphatic heterocycles. The van der Waals surface area contributed by atoms with E-state index in [4.69, 9.17) is 14.2 Å².